The Morgan fingerprint density at radius 1 is 0.655 bits per heavy atom. The van der Waals surface area contributed by atoms with Crippen molar-refractivity contribution in [3.05, 3.63) is 69.8 Å². The summed E-state index contributed by atoms with van der Waals surface area (Å²) in [4.78, 5) is 0. The molecule has 0 aliphatic heterocycles. The Bertz CT molecular complexity index is 771. The zero-order valence-electron chi connectivity index (χ0n) is 18.0. The van der Waals surface area contributed by atoms with Gasteiger partial charge in [0.1, 0.15) is 0 Å². The van der Waals surface area contributed by atoms with Gasteiger partial charge >= 0.3 is 0 Å². The van der Waals surface area contributed by atoms with Gasteiger partial charge in [0, 0.05) is 11.8 Å². The van der Waals surface area contributed by atoms with E-state index in [1.165, 1.54) is 46.2 Å². The Morgan fingerprint density at radius 3 is 1.45 bits per heavy atom. The third kappa shape index (κ3) is 4.59. The monoisotopic (exact) mass is 392 g/mol. The van der Waals surface area contributed by atoms with Crippen molar-refractivity contribution in [1.29, 1.82) is 0 Å². The maximum atomic E-state index is 10.4. The summed E-state index contributed by atoms with van der Waals surface area (Å²) >= 11 is 0. The summed E-state index contributed by atoms with van der Waals surface area (Å²) < 4.78 is 0. The van der Waals surface area contributed by atoms with Crippen LogP contribution < -0.4 is 0 Å². The fraction of sp³-hybridized carbons (Fsp3) is 0.556. The molecule has 4 atom stereocenters. The molecule has 2 aliphatic rings. The quantitative estimate of drug-likeness (QED) is 0.677. The second-order valence-corrected chi connectivity index (χ2v) is 9.48. The number of aliphatic hydroxyl groups is 2. The van der Waals surface area contributed by atoms with Gasteiger partial charge in [-0.15, -0.1) is 0 Å². The van der Waals surface area contributed by atoms with E-state index in [0.717, 1.165) is 44.9 Å². The number of aryl methyl sites for hydroxylation is 2. The van der Waals surface area contributed by atoms with Crippen molar-refractivity contribution in [2.75, 3.05) is 0 Å². The molecule has 0 bridgehead atoms. The minimum atomic E-state index is -0.182. The van der Waals surface area contributed by atoms with Crippen molar-refractivity contribution >= 4 is 0 Å². The molecule has 156 valence electrons. The molecule has 4 unspecified atom stereocenters. The average Bonchev–Trinajstić information content (AvgIpc) is 2.70. The molecular weight excluding hydrogens is 356 g/mol. The summed E-state index contributed by atoms with van der Waals surface area (Å²) in [7, 11) is 0. The van der Waals surface area contributed by atoms with Gasteiger partial charge in [-0.05, 0) is 79.3 Å². The normalized spacial score (nSPS) is 27.7. The van der Waals surface area contributed by atoms with Gasteiger partial charge < -0.3 is 10.2 Å². The van der Waals surface area contributed by atoms with Gasteiger partial charge in [0.2, 0.25) is 0 Å². The van der Waals surface area contributed by atoms with Gasteiger partial charge in [-0.1, -0.05) is 62.1 Å². The lowest BCUT2D eigenvalue weighted by molar-refractivity contribution is 0.106. The molecule has 2 nitrogen and oxygen atoms in total. The Kier molecular flexibility index (Phi) is 6.41. The van der Waals surface area contributed by atoms with Gasteiger partial charge in [0.05, 0.1) is 12.2 Å². The van der Waals surface area contributed by atoms with Crippen LogP contribution in [0.4, 0.5) is 0 Å². The van der Waals surface area contributed by atoms with Gasteiger partial charge in [-0.25, -0.2) is 0 Å². The smallest absolute Gasteiger partial charge is 0.0608 e. The molecule has 0 radical (unpaired) electrons. The van der Waals surface area contributed by atoms with Crippen LogP contribution in [0, 0.1) is 13.8 Å². The summed E-state index contributed by atoms with van der Waals surface area (Å²) in [6.45, 7) is 4.39. The minimum Gasteiger partial charge on any atom is -0.392 e. The maximum Gasteiger partial charge on any atom is 0.0608 e. The van der Waals surface area contributed by atoms with Crippen molar-refractivity contribution in [3.63, 3.8) is 0 Å². The molecule has 2 heteroatoms. The van der Waals surface area contributed by atoms with Crippen LogP contribution in [-0.4, -0.2) is 22.4 Å². The molecular formula is C27H36O2. The van der Waals surface area contributed by atoms with E-state index in [2.05, 4.69) is 50.2 Å². The molecule has 0 spiro atoms. The highest BCUT2D eigenvalue weighted by molar-refractivity contribution is 5.40. The van der Waals surface area contributed by atoms with E-state index in [4.69, 9.17) is 0 Å². The Labute approximate surface area is 176 Å². The lowest BCUT2D eigenvalue weighted by Crippen LogP contribution is -2.23. The number of benzene rings is 2. The SMILES string of the molecule is Cc1cc(Cc2ccc(C3CCCCC3O)c(C)c2)ccc1C1CCCCC1O. The molecule has 29 heavy (non-hydrogen) atoms. The van der Waals surface area contributed by atoms with E-state index in [0.29, 0.717) is 11.8 Å². The Hall–Kier alpha value is -1.64. The number of aliphatic hydroxyl groups excluding tert-OH is 2. The molecule has 0 aromatic heterocycles. The molecule has 0 heterocycles. The van der Waals surface area contributed by atoms with E-state index in [9.17, 15) is 10.2 Å². The summed E-state index contributed by atoms with van der Waals surface area (Å²) in [6, 6.07) is 13.6. The lowest BCUT2D eigenvalue weighted by atomic mass is 9.79. The minimum absolute atomic E-state index is 0.182. The summed E-state index contributed by atoms with van der Waals surface area (Å²) in [5, 5.41) is 20.8. The van der Waals surface area contributed by atoms with Crippen LogP contribution in [0.1, 0.15) is 96.6 Å². The van der Waals surface area contributed by atoms with E-state index < -0.39 is 0 Å². The van der Waals surface area contributed by atoms with E-state index in [-0.39, 0.29) is 12.2 Å². The number of hydrogen-bond donors (Lipinski definition) is 2. The first-order valence-corrected chi connectivity index (χ1v) is 11.6. The molecule has 2 aromatic rings. The summed E-state index contributed by atoms with van der Waals surface area (Å²) in [5.41, 5.74) is 7.96. The van der Waals surface area contributed by atoms with Crippen molar-refractivity contribution in [2.45, 2.75) is 95.7 Å². The summed E-state index contributed by atoms with van der Waals surface area (Å²) in [6.07, 6.45) is 9.42. The second kappa shape index (κ2) is 9.02. The van der Waals surface area contributed by atoms with Crippen molar-refractivity contribution in [1.82, 2.24) is 0 Å². The molecule has 2 saturated carbocycles. The van der Waals surface area contributed by atoms with Gasteiger partial charge in [0.25, 0.3) is 0 Å². The molecule has 2 fully saturated rings. The van der Waals surface area contributed by atoms with Crippen LogP contribution >= 0.6 is 0 Å². The van der Waals surface area contributed by atoms with Gasteiger partial charge in [-0.3, -0.25) is 0 Å². The van der Waals surface area contributed by atoms with Crippen molar-refractivity contribution in [2.24, 2.45) is 0 Å². The lowest BCUT2D eigenvalue weighted by Gasteiger charge is -2.29. The van der Waals surface area contributed by atoms with Crippen molar-refractivity contribution < 1.29 is 10.2 Å². The van der Waals surface area contributed by atoms with Crippen LogP contribution in [0.5, 0.6) is 0 Å². The van der Waals surface area contributed by atoms with Crippen molar-refractivity contribution in [3.8, 4) is 0 Å². The van der Waals surface area contributed by atoms with Crippen LogP contribution in [0.15, 0.2) is 36.4 Å². The highest BCUT2D eigenvalue weighted by Gasteiger charge is 2.27. The van der Waals surface area contributed by atoms with E-state index >= 15 is 0 Å². The summed E-state index contributed by atoms with van der Waals surface area (Å²) in [5.74, 6) is 0.613. The Morgan fingerprint density at radius 2 is 1.07 bits per heavy atom. The fourth-order valence-corrected chi connectivity index (χ4v) is 5.71. The predicted octanol–water partition coefficient (Wildman–Crippen LogP) is 5.93. The van der Waals surface area contributed by atoms with Crippen LogP contribution in [0.25, 0.3) is 0 Å². The second-order valence-electron chi connectivity index (χ2n) is 9.48. The number of rotatable bonds is 4. The van der Waals surface area contributed by atoms with Crippen LogP contribution in [-0.2, 0) is 6.42 Å². The van der Waals surface area contributed by atoms with E-state index in [1.54, 1.807) is 0 Å². The third-order valence-electron chi connectivity index (χ3n) is 7.33. The standard InChI is InChI=1S/C27H36O2/c1-18-15-20(11-13-22(18)24-7-3-5-9-26(24)28)17-21-12-14-23(19(2)16-21)25-8-4-6-10-27(25)29/h11-16,24-29H,3-10,17H2,1-2H3. The predicted molar refractivity (Wildman–Crippen MR) is 120 cm³/mol. The van der Waals surface area contributed by atoms with E-state index in [1.807, 2.05) is 0 Å². The topological polar surface area (TPSA) is 40.5 Å². The van der Waals surface area contributed by atoms with Gasteiger partial charge in [0.15, 0.2) is 0 Å². The fourth-order valence-electron chi connectivity index (χ4n) is 5.71. The van der Waals surface area contributed by atoms with Crippen LogP contribution in [0.3, 0.4) is 0 Å². The zero-order chi connectivity index (χ0) is 20.4. The number of hydrogen-bond acceptors (Lipinski definition) is 2. The van der Waals surface area contributed by atoms with Crippen LogP contribution in [0.2, 0.25) is 0 Å². The van der Waals surface area contributed by atoms with Gasteiger partial charge in [-0.2, -0.15) is 0 Å². The molecule has 0 saturated heterocycles. The highest BCUT2D eigenvalue weighted by atomic mass is 16.3. The largest absolute Gasteiger partial charge is 0.392 e. The highest BCUT2D eigenvalue weighted by Crippen LogP contribution is 2.36. The molecule has 4 rings (SSSR count). The molecule has 0 amide bonds. The average molecular weight is 393 g/mol. The first-order valence-electron chi connectivity index (χ1n) is 11.6. The molecule has 2 N–H and O–H groups in total. The zero-order valence-corrected chi connectivity index (χ0v) is 18.0. The Balaban J connectivity index is 1.49. The first-order chi connectivity index (χ1) is 14.0. The third-order valence-corrected chi connectivity index (χ3v) is 7.33. The molecule has 2 aromatic carbocycles. The molecule has 2 aliphatic carbocycles. The first kappa shape index (κ1) is 20.6. The maximum absolute atomic E-state index is 10.4.